The van der Waals surface area contributed by atoms with Crippen LogP contribution in [0, 0.1) is 5.92 Å². The van der Waals surface area contributed by atoms with Gasteiger partial charge in [0, 0.05) is 25.4 Å². The van der Waals surface area contributed by atoms with Gasteiger partial charge in [0.05, 0.1) is 0 Å². The summed E-state index contributed by atoms with van der Waals surface area (Å²) in [7, 11) is 0. The molecule has 0 spiro atoms. The Kier molecular flexibility index (Phi) is 4.19. The first kappa shape index (κ1) is 12.6. The van der Waals surface area contributed by atoms with Crippen molar-refractivity contribution < 1.29 is 9.59 Å². The highest BCUT2D eigenvalue weighted by atomic mass is 16.2. The number of Topliss-reactive ketones (excluding diaryl/α,β-unsaturated/α-hetero) is 1. The van der Waals surface area contributed by atoms with Gasteiger partial charge in [-0.15, -0.1) is 0 Å². The molecule has 1 aliphatic heterocycles. The second-order valence-corrected chi connectivity index (χ2v) is 5.64. The highest BCUT2D eigenvalue weighted by molar-refractivity contribution is 5.80. The summed E-state index contributed by atoms with van der Waals surface area (Å²) in [6.45, 7) is 2.49. The SMILES string of the molecule is CC(=O)CC1CCCN1C(=O)CC1CCCC1. The predicted molar refractivity (Wildman–Crippen MR) is 66.6 cm³/mol. The van der Waals surface area contributed by atoms with Crippen LogP contribution in [0.1, 0.15) is 58.3 Å². The van der Waals surface area contributed by atoms with Crippen molar-refractivity contribution in [3.63, 3.8) is 0 Å². The van der Waals surface area contributed by atoms with Crippen LogP contribution in [-0.4, -0.2) is 29.2 Å². The molecule has 1 amide bonds. The smallest absolute Gasteiger partial charge is 0.223 e. The van der Waals surface area contributed by atoms with Crippen LogP contribution in [0.4, 0.5) is 0 Å². The molecule has 1 saturated carbocycles. The lowest BCUT2D eigenvalue weighted by molar-refractivity contribution is -0.133. The number of nitrogens with zero attached hydrogens (tertiary/aromatic N) is 1. The van der Waals surface area contributed by atoms with Crippen LogP contribution in [0.5, 0.6) is 0 Å². The van der Waals surface area contributed by atoms with Crippen molar-refractivity contribution in [2.45, 2.75) is 64.3 Å². The monoisotopic (exact) mass is 237 g/mol. The third kappa shape index (κ3) is 3.30. The largest absolute Gasteiger partial charge is 0.339 e. The van der Waals surface area contributed by atoms with Gasteiger partial charge in [0.25, 0.3) is 0 Å². The highest BCUT2D eigenvalue weighted by Gasteiger charge is 2.31. The zero-order valence-corrected chi connectivity index (χ0v) is 10.8. The van der Waals surface area contributed by atoms with Gasteiger partial charge < -0.3 is 4.90 Å². The first-order valence-electron chi connectivity index (χ1n) is 6.95. The zero-order chi connectivity index (χ0) is 12.3. The molecular formula is C14H23NO2. The van der Waals surface area contributed by atoms with E-state index < -0.39 is 0 Å². The fourth-order valence-electron chi connectivity index (χ4n) is 3.29. The van der Waals surface area contributed by atoms with Crippen molar-refractivity contribution >= 4 is 11.7 Å². The minimum absolute atomic E-state index is 0.196. The Morgan fingerprint density at radius 3 is 2.41 bits per heavy atom. The van der Waals surface area contributed by atoms with E-state index in [4.69, 9.17) is 0 Å². The molecule has 1 atom stereocenters. The van der Waals surface area contributed by atoms with Gasteiger partial charge in [0.15, 0.2) is 0 Å². The number of likely N-dealkylation sites (tertiary alicyclic amines) is 1. The van der Waals surface area contributed by atoms with Gasteiger partial charge in [-0.25, -0.2) is 0 Å². The van der Waals surface area contributed by atoms with E-state index in [2.05, 4.69) is 0 Å². The zero-order valence-electron chi connectivity index (χ0n) is 10.8. The summed E-state index contributed by atoms with van der Waals surface area (Å²) in [5.41, 5.74) is 0. The van der Waals surface area contributed by atoms with E-state index in [9.17, 15) is 9.59 Å². The van der Waals surface area contributed by atoms with E-state index in [1.165, 1.54) is 25.7 Å². The molecule has 2 aliphatic rings. The van der Waals surface area contributed by atoms with Crippen LogP contribution in [0.15, 0.2) is 0 Å². The molecule has 0 aromatic rings. The van der Waals surface area contributed by atoms with Crippen molar-refractivity contribution in [3.8, 4) is 0 Å². The number of hydrogen-bond donors (Lipinski definition) is 0. The van der Waals surface area contributed by atoms with E-state index in [1.54, 1.807) is 6.92 Å². The molecular weight excluding hydrogens is 214 g/mol. The van der Waals surface area contributed by atoms with E-state index in [0.717, 1.165) is 19.4 Å². The molecule has 1 saturated heterocycles. The molecule has 17 heavy (non-hydrogen) atoms. The average molecular weight is 237 g/mol. The fourth-order valence-corrected chi connectivity index (χ4v) is 3.29. The lowest BCUT2D eigenvalue weighted by Crippen LogP contribution is -2.37. The minimum Gasteiger partial charge on any atom is -0.339 e. The molecule has 3 heteroatoms. The van der Waals surface area contributed by atoms with E-state index in [1.807, 2.05) is 4.90 Å². The van der Waals surface area contributed by atoms with Crippen LogP contribution < -0.4 is 0 Å². The van der Waals surface area contributed by atoms with Crippen LogP contribution in [-0.2, 0) is 9.59 Å². The summed E-state index contributed by atoms with van der Waals surface area (Å²) in [6, 6.07) is 0.196. The highest BCUT2D eigenvalue weighted by Crippen LogP contribution is 2.30. The summed E-state index contributed by atoms with van der Waals surface area (Å²) in [6.07, 6.45) is 8.35. The second-order valence-electron chi connectivity index (χ2n) is 5.64. The third-order valence-electron chi connectivity index (χ3n) is 4.16. The first-order chi connectivity index (χ1) is 8.16. The molecule has 2 fully saturated rings. The van der Waals surface area contributed by atoms with Crippen molar-refractivity contribution in [2.24, 2.45) is 5.92 Å². The van der Waals surface area contributed by atoms with Crippen LogP contribution in [0.2, 0.25) is 0 Å². The van der Waals surface area contributed by atoms with E-state index in [-0.39, 0.29) is 11.8 Å². The van der Waals surface area contributed by atoms with Crippen molar-refractivity contribution in [3.05, 3.63) is 0 Å². The molecule has 3 nitrogen and oxygen atoms in total. The molecule has 1 heterocycles. The molecule has 0 aromatic heterocycles. The summed E-state index contributed by atoms with van der Waals surface area (Å²) >= 11 is 0. The molecule has 1 aliphatic carbocycles. The summed E-state index contributed by atoms with van der Waals surface area (Å²) < 4.78 is 0. The summed E-state index contributed by atoms with van der Waals surface area (Å²) in [5.74, 6) is 1.11. The number of carbonyl (C=O) groups excluding carboxylic acids is 2. The molecule has 0 bridgehead atoms. The predicted octanol–water partition coefficient (Wildman–Crippen LogP) is 2.54. The first-order valence-corrected chi connectivity index (χ1v) is 6.95. The Morgan fingerprint density at radius 1 is 1.06 bits per heavy atom. The molecule has 96 valence electrons. The molecule has 0 aromatic carbocycles. The van der Waals surface area contributed by atoms with Crippen molar-refractivity contribution in [2.75, 3.05) is 6.54 Å². The van der Waals surface area contributed by atoms with Gasteiger partial charge in [-0.2, -0.15) is 0 Å². The number of ketones is 1. The normalized spacial score (nSPS) is 25.5. The number of hydrogen-bond acceptors (Lipinski definition) is 2. The van der Waals surface area contributed by atoms with Gasteiger partial charge >= 0.3 is 0 Å². The van der Waals surface area contributed by atoms with Gasteiger partial charge in [0.1, 0.15) is 5.78 Å². The molecule has 1 unspecified atom stereocenters. The molecule has 0 radical (unpaired) electrons. The van der Waals surface area contributed by atoms with Gasteiger partial charge in [-0.05, 0) is 38.5 Å². The standard InChI is InChI=1S/C14H23NO2/c1-11(16)9-13-7-4-8-15(13)14(17)10-12-5-2-3-6-12/h12-13H,2-10H2,1H3. The average Bonchev–Trinajstić information content (AvgIpc) is 2.87. The van der Waals surface area contributed by atoms with Crippen LogP contribution in [0.3, 0.4) is 0 Å². The van der Waals surface area contributed by atoms with Crippen LogP contribution in [0.25, 0.3) is 0 Å². The summed E-state index contributed by atoms with van der Waals surface area (Å²) in [4.78, 5) is 25.4. The summed E-state index contributed by atoms with van der Waals surface area (Å²) in [5, 5.41) is 0. The Labute approximate surface area is 104 Å². The van der Waals surface area contributed by atoms with Crippen molar-refractivity contribution in [1.29, 1.82) is 0 Å². The quantitative estimate of drug-likeness (QED) is 0.753. The Balaban J connectivity index is 1.86. The fraction of sp³-hybridized carbons (Fsp3) is 0.857. The van der Waals surface area contributed by atoms with Gasteiger partial charge in [0.2, 0.25) is 5.91 Å². The number of carbonyl (C=O) groups is 2. The third-order valence-corrected chi connectivity index (χ3v) is 4.16. The number of amides is 1. The Hall–Kier alpha value is -0.860. The molecule has 2 rings (SSSR count). The molecule has 0 N–H and O–H groups in total. The number of rotatable bonds is 4. The maximum absolute atomic E-state index is 12.2. The minimum atomic E-state index is 0.196. The van der Waals surface area contributed by atoms with E-state index in [0.29, 0.717) is 24.7 Å². The maximum Gasteiger partial charge on any atom is 0.223 e. The lowest BCUT2D eigenvalue weighted by atomic mass is 10.0. The Bertz CT molecular complexity index is 295. The van der Waals surface area contributed by atoms with Crippen molar-refractivity contribution in [1.82, 2.24) is 4.90 Å². The topological polar surface area (TPSA) is 37.4 Å². The van der Waals surface area contributed by atoms with Gasteiger partial charge in [-0.1, -0.05) is 12.8 Å². The van der Waals surface area contributed by atoms with Crippen LogP contribution >= 0.6 is 0 Å². The lowest BCUT2D eigenvalue weighted by Gasteiger charge is -2.25. The van der Waals surface area contributed by atoms with E-state index >= 15 is 0 Å². The maximum atomic E-state index is 12.2. The van der Waals surface area contributed by atoms with Gasteiger partial charge in [-0.3, -0.25) is 9.59 Å². The second kappa shape index (κ2) is 5.65. The Morgan fingerprint density at radius 2 is 1.76 bits per heavy atom.